The summed E-state index contributed by atoms with van der Waals surface area (Å²) < 4.78 is 16.8. The van der Waals surface area contributed by atoms with Crippen molar-refractivity contribution in [1.29, 1.82) is 0 Å². The number of aliphatic imine (C=N–C) groups is 1. The van der Waals surface area contributed by atoms with Crippen molar-refractivity contribution in [3.8, 4) is 11.5 Å². The Morgan fingerprint density at radius 3 is 2.60 bits per heavy atom. The number of rotatable bonds is 8. The minimum atomic E-state index is 0.136. The molecule has 1 aliphatic rings. The van der Waals surface area contributed by atoms with E-state index in [-0.39, 0.29) is 6.10 Å². The van der Waals surface area contributed by atoms with E-state index in [4.69, 9.17) is 14.2 Å². The lowest BCUT2D eigenvalue weighted by atomic mass is 9.89. The first kappa shape index (κ1) is 22.0. The van der Waals surface area contributed by atoms with Crippen molar-refractivity contribution in [2.45, 2.75) is 25.4 Å². The highest BCUT2D eigenvalue weighted by Gasteiger charge is 2.27. The Morgan fingerprint density at radius 2 is 1.87 bits per heavy atom. The first-order valence-electron chi connectivity index (χ1n) is 10.6. The zero-order chi connectivity index (χ0) is 21.2. The van der Waals surface area contributed by atoms with Gasteiger partial charge in [0.05, 0.1) is 20.3 Å². The average molecular weight is 412 g/mol. The molecule has 6 nitrogen and oxygen atoms in total. The van der Waals surface area contributed by atoms with Crippen molar-refractivity contribution in [2.24, 2.45) is 10.9 Å². The van der Waals surface area contributed by atoms with Gasteiger partial charge in [-0.25, -0.2) is 0 Å². The number of methoxy groups -OCH3 is 2. The third kappa shape index (κ3) is 5.89. The predicted octanol–water partition coefficient (Wildman–Crippen LogP) is 3.58. The van der Waals surface area contributed by atoms with Crippen LogP contribution in [-0.2, 0) is 11.2 Å². The van der Waals surface area contributed by atoms with E-state index in [0.717, 1.165) is 56.4 Å². The van der Waals surface area contributed by atoms with E-state index in [9.17, 15) is 0 Å². The van der Waals surface area contributed by atoms with Gasteiger partial charge >= 0.3 is 0 Å². The van der Waals surface area contributed by atoms with Gasteiger partial charge in [0.15, 0.2) is 17.5 Å². The van der Waals surface area contributed by atoms with Crippen molar-refractivity contribution in [3.05, 3.63) is 59.7 Å². The second-order valence-electron chi connectivity index (χ2n) is 7.42. The summed E-state index contributed by atoms with van der Waals surface area (Å²) in [5.41, 5.74) is 2.43. The Labute approximate surface area is 179 Å². The molecular weight excluding hydrogens is 378 g/mol. The fraction of sp³-hybridized carbons (Fsp3) is 0.458. The lowest BCUT2D eigenvalue weighted by Gasteiger charge is -2.32. The maximum Gasteiger partial charge on any atom is 0.190 e. The maximum atomic E-state index is 6.10. The van der Waals surface area contributed by atoms with Crippen LogP contribution in [0.25, 0.3) is 0 Å². The van der Waals surface area contributed by atoms with Gasteiger partial charge < -0.3 is 24.8 Å². The molecule has 2 N–H and O–H groups in total. The first-order valence-corrected chi connectivity index (χ1v) is 10.6. The molecule has 2 atom stereocenters. The van der Waals surface area contributed by atoms with E-state index in [1.807, 2.05) is 18.2 Å². The van der Waals surface area contributed by atoms with Gasteiger partial charge in [-0.15, -0.1) is 0 Å². The molecule has 162 valence electrons. The summed E-state index contributed by atoms with van der Waals surface area (Å²) in [6, 6.07) is 16.5. The normalized spacial score (nSPS) is 19.2. The largest absolute Gasteiger partial charge is 0.493 e. The third-order valence-electron chi connectivity index (χ3n) is 5.48. The van der Waals surface area contributed by atoms with Gasteiger partial charge in [0, 0.05) is 32.7 Å². The third-order valence-corrected chi connectivity index (χ3v) is 5.48. The van der Waals surface area contributed by atoms with Crippen LogP contribution in [0.1, 0.15) is 30.1 Å². The number of hydrogen-bond donors (Lipinski definition) is 2. The van der Waals surface area contributed by atoms with Crippen LogP contribution in [0.3, 0.4) is 0 Å². The molecule has 0 radical (unpaired) electrons. The minimum absolute atomic E-state index is 0.136. The van der Waals surface area contributed by atoms with Gasteiger partial charge in [-0.2, -0.15) is 0 Å². The molecule has 3 rings (SSSR count). The molecule has 0 aromatic heterocycles. The molecule has 0 spiro atoms. The van der Waals surface area contributed by atoms with Crippen molar-refractivity contribution in [2.75, 3.05) is 41.0 Å². The van der Waals surface area contributed by atoms with Crippen LogP contribution < -0.4 is 20.1 Å². The second-order valence-corrected chi connectivity index (χ2v) is 7.42. The van der Waals surface area contributed by atoms with Crippen LogP contribution in [0.4, 0.5) is 0 Å². The standard InChI is InChI=1S/C24H33N3O3/c1-25-24(26-14-13-18-11-12-21(28-2)22(16-18)29-3)27-17-20-10-7-15-30-23(20)19-8-5-4-6-9-19/h4-6,8-9,11-12,16,20,23H,7,10,13-15,17H2,1-3H3,(H2,25,26,27). The number of ether oxygens (including phenoxy) is 3. The molecule has 1 heterocycles. The average Bonchev–Trinajstić information content (AvgIpc) is 2.81. The van der Waals surface area contributed by atoms with Crippen molar-refractivity contribution < 1.29 is 14.2 Å². The molecule has 2 unspecified atom stereocenters. The molecule has 0 amide bonds. The summed E-state index contributed by atoms with van der Waals surface area (Å²) in [6.45, 7) is 2.43. The Morgan fingerprint density at radius 1 is 1.07 bits per heavy atom. The van der Waals surface area contributed by atoms with E-state index in [0.29, 0.717) is 5.92 Å². The number of hydrogen-bond acceptors (Lipinski definition) is 4. The van der Waals surface area contributed by atoms with Crippen LogP contribution in [0.15, 0.2) is 53.5 Å². The van der Waals surface area contributed by atoms with Gasteiger partial charge in [-0.05, 0) is 42.5 Å². The molecule has 1 fully saturated rings. The van der Waals surface area contributed by atoms with E-state index >= 15 is 0 Å². The number of nitrogens with one attached hydrogen (secondary N) is 2. The quantitative estimate of drug-likeness (QED) is 0.514. The first-order chi connectivity index (χ1) is 14.7. The topological polar surface area (TPSA) is 64.1 Å². The zero-order valence-electron chi connectivity index (χ0n) is 18.2. The van der Waals surface area contributed by atoms with Gasteiger partial charge in [0.2, 0.25) is 0 Å². The van der Waals surface area contributed by atoms with E-state index in [2.05, 4.69) is 46.0 Å². The summed E-state index contributed by atoms with van der Waals surface area (Å²) in [5, 5.41) is 6.88. The minimum Gasteiger partial charge on any atom is -0.493 e. The SMILES string of the molecule is CN=C(NCCc1ccc(OC)c(OC)c1)NCC1CCCOC1c1ccccc1. The fourth-order valence-electron chi connectivity index (χ4n) is 3.87. The smallest absolute Gasteiger partial charge is 0.190 e. The molecule has 2 aromatic rings. The van der Waals surface area contributed by atoms with Crippen LogP contribution in [0.5, 0.6) is 11.5 Å². The molecule has 1 saturated heterocycles. The highest BCUT2D eigenvalue weighted by molar-refractivity contribution is 5.79. The molecular formula is C24H33N3O3. The summed E-state index contributed by atoms with van der Waals surface area (Å²) in [5.74, 6) is 2.73. The zero-order valence-corrected chi connectivity index (χ0v) is 18.2. The van der Waals surface area contributed by atoms with Gasteiger partial charge in [0.1, 0.15) is 0 Å². The number of nitrogens with zero attached hydrogens (tertiary/aromatic N) is 1. The molecule has 0 saturated carbocycles. The van der Waals surface area contributed by atoms with Crippen molar-refractivity contribution in [3.63, 3.8) is 0 Å². The van der Waals surface area contributed by atoms with E-state index < -0.39 is 0 Å². The van der Waals surface area contributed by atoms with Gasteiger partial charge in [-0.3, -0.25) is 4.99 Å². The van der Waals surface area contributed by atoms with E-state index in [1.54, 1.807) is 21.3 Å². The number of guanidine groups is 1. The van der Waals surface area contributed by atoms with Crippen LogP contribution in [0, 0.1) is 5.92 Å². The Balaban J connectivity index is 1.50. The summed E-state index contributed by atoms with van der Waals surface area (Å²) >= 11 is 0. The van der Waals surface area contributed by atoms with Crippen LogP contribution in [0.2, 0.25) is 0 Å². The lowest BCUT2D eigenvalue weighted by Crippen LogP contribution is -2.42. The predicted molar refractivity (Wildman–Crippen MR) is 120 cm³/mol. The molecule has 30 heavy (non-hydrogen) atoms. The van der Waals surface area contributed by atoms with E-state index in [1.165, 1.54) is 11.1 Å². The lowest BCUT2D eigenvalue weighted by molar-refractivity contribution is -0.0265. The Kier molecular flexibility index (Phi) is 8.39. The van der Waals surface area contributed by atoms with Gasteiger partial charge in [0.25, 0.3) is 0 Å². The molecule has 0 bridgehead atoms. The summed E-state index contributed by atoms with van der Waals surface area (Å²) in [4.78, 5) is 4.37. The van der Waals surface area contributed by atoms with Crippen LogP contribution >= 0.6 is 0 Å². The van der Waals surface area contributed by atoms with Gasteiger partial charge in [-0.1, -0.05) is 36.4 Å². The molecule has 1 aliphatic heterocycles. The second kappa shape index (κ2) is 11.5. The van der Waals surface area contributed by atoms with Crippen molar-refractivity contribution in [1.82, 2.24) is 10.6 Å². The molecule has 2 aromatic carbocycles. The van der Waals surface area contributed by atoms with Crippen LogP contribution in [-0.4, -0.2) is 46.9 Å². The Bertz CT molecular complexity index is 811. The Hall–Kier alpha value is -2.73. The maximum absolute atomic E-state index is 6.10. The molecule has 0 aliphatic carbocycles. The highest BCUT2D eigenvalue weighted by Crippen LogP contribution is 2.33. The summed E-state index contributed by atoms with van der Waals surface area (Å²) in [7, 11) is 5.11. The fourth-order valence-corrected chi connectivity index (χ4v) is 3.87. The highest BCUT2D eigenvalue weighted by atomic mass is 16.5. The van der Waals surface area contributed by atoms with Crippen molar-refractivity contribution >= 4 is 5.96 Å². The summed E-state index contributed by atoms with van der Waals surface area (Å²) in [6.07, 6.45) is 3.24. The monoisotopic (exact) mass is 411 g/mol. The molecule has 6 heteroatoms. The number of benzene rings is 2.